The van der Waals surface area contributed by atoms with Gasteiger partial charge in [0.15, 0.2) is 0 Å². The van der Waals surface area contributed by atoms with Gasteiger partial charge in [0.05, 0.1) is 39.0 Å². The minimum atomic E-state index is -0.133. The molecule has 1 fully saturated rings. The molecule has 1 heterocycles. The quantitative estimate of drug-likeness (QED) is 0.425. The van der Waals surface area contributed by atoms with E-state index in [-0.39, 0.29) is 11.9 Å². The van der Waals surface area contributed by atoms with Crippen LogP contribution >= 0.6 is 0 Å². The Hall–Kier alpha value is -0.690. The van der Waals surface area contributed by atoms with Crippen molar-refractivity contribution in [3.63, 3.8) is 0 Å². The molecule has 6 nitrogen and oxygen atoms in total. The zero-order valence-electron chi connectivity index (χ0n) is 11.9. The summed E-state index contributed by atoms with van der Waals surface area (Å²) >= 11 is 0. The maximum atomic E-state index is 11.6. The molecule has 0 aromatic heterocycles. The van der Waals surface area contributed by atoms with Gasteiger partial charge in [0, 0.05) is 7.11 Å². The van der Waals surface area contributed by atoms with E-state index in [2.05, 4.69) is 5.32 Å². The van der Waals surface area contributed by atoms with Crippen LogP contribution in [0.15, 0.2) is 0 Å². The number of ether oxygens (including phenoxy) is 4. The molecular formula is C13H25NO5. The van der Waals surface area contributed by atoms with Gasteiger partial charge in [-0.15, -0.1) is 0 Å². The van der Waals surface area contributed by atoms with Crippen LogP contribution in [-0.2, 0) is 23.7 Å². The van der Waals surface area contributed by atoms with Crippen molar-refractivity contribution >= 4 is 5.97 Å². The van der Waals surface area contributed by atoms with Crippen molar-refractivity contribution in [2.75, 3.05) is 59.8 Å². The van der Waals surface area contributed by atoms with Crippen molar-refractivity contribution in [2.45, 2.75) is 6.92 Å². The molecule has 1 atom stereocenters. The summed E-state index contributed by atoms with van der Waals surface area (Å²) < 4.78 is 20.5. The normalized spacial score (nSPS) is 16.9. The Kier molecular flexibility index (Phi) is 8.73. The molecule has 0 radical (unpaired) electrons. The van der Waals surface area contributed by atoms with Gasteiger partial charge in [-0.3, -0.25) is 4.79 Å². The Morgan fingerprint density at radius 2 is 1.68 bits per heavy atom. The number of carbonyl (C=O) groups is 1. The van der Waals surface area contributed by atoms with Crippen molar-refractivity contribution in [1.82, 2.24) is 5.32 Å². The van der Waals surface area contributed by atoms with E-state index >= 15 is 0 Å². The summed E-state index contributed by atoms with van der Waals surface area (Å²) in [6, 6.07) is 0. The van der Waals surface area contributed by atoms with E-state index in [9.17, 15) is 4.79 Å². The topological polar surface area (TPSA) is 66.0 Å². The van der Waals surface area contributed by atoms with Crippen LogP contribution in [0.25, 0.3) is 0 Å². The van der Waals surface area contributed by atoms with Crippen LogP contribution in [0, 0.1) is 11.8 Å². The van der Waals surface area contributed by atoms with Gasteiger partial charge in [-0.05, 0) is 19.0 Å². The van der Waals surface area contributed by atoms with Crippen LogP contribution in [0.2, 0.25) is 0 Å². The first kappa shape index (κ1) is 16.4. The lowest BCUT2D eigenvalue weighted by Gasteiger charge is -2.31. The first-order chi connectivity index (χ1) is 9.25. The molecule has 0 saturated carbocycles. The zero-order chi connectivity index (χ0) is 13.9. The summed E-state index contributed by atoms with van der Waals surface area (Å²) in [7, 11) is 1.63. The minimum absolute atomic E-state index is 0.0290. The Morgan fingerprint density at radius 1 is 1.11 bits per heavy atom. The van der Waals surface area contributed by atoms with E-state index in [0.29, 0.717) is 45.6 Å². The average molecular weight is 275 g/mol. The van der Waals surface area contributed by atoms with Crippen LogP contribution in [0.3, 0.4) is 0 Å². The number of esters is 1. The average Bonchev–Trinajstić information content (AvgIpc) is 2.34. The highest BCUT2D eigenvalue weighted by molar-refractivity contribution is 5.72. The molecule has 0 aromatic rings. The second-order valence-corrected chi connectivity index (χ2v) is 4.59. The SMILES string of the molecule is COCCOCCOCCOC(=O)C(C)C1CNC1. The highest BCUT2D eigenvalue weighted by atomic mass is 16.6. The second-order valence-electron chi connectivity index (χ2n) is 4.59. The second kappa shape index (κ2) is 10.1. The lowest BCUT2D eigenvalue weighted by Crippen LogP contribution is -2.47. The van der Waals surface area contributed by atoms with Gasteiger partial charge in [-0.1, -0.05) is 6.92 Å². The van der Waals surface area contributed by atoms with Gasteiger partial charge < -0.3 is 24.3 Å². The van der Waals surface area contributed by atoms with Crippen molar-refractivity contribution in [2.24, 2.45) is 11.8 Å². The number of hydrogen-bond acceptors (Lipinski definition) is 6. The van der Waals surface area contributed by atoms with Gasteiger partial charge >= 0.3 is 5.97 Å². The Bertz CT molecular complexity index is 245. The third-order valence-corrected chi connectivity index (χ3v) is 3.17. The molecule has 6 heteroatoms. The smallest absolute Gasteiger partial charge is 0.309 e. The Labute approximate surface area is 114 Å². The van der Waals surface area contributed by atoms with E-state index in [1.54, 1.807) is 7.11 Å². The number of nitrogens with one attached hydrogen (secondary N) is 1. The van der Waals surface area contributed by atoms with Gasteiger partial charge in [0.2, 0.25) is 0 Å². The summed E-state index contributed by atoms with van der Waals surface area (Å²) in [5.74, 6) is 0.257. The Morgan fingerprint density at radius 3 is 2.21 bits per heavy atom. The maximum absolute atomic E-state index is 11.6. The molecule has 1 rings (SSSR count). The molecule has 1 aliphatic rings. The Balaban J connectivity index is 1.86. The van der Waals surface area contributed by atoms with E-state index < -0.39 is 0 Å². The fourth-order valence-electron chi connectivity index (χ4n) is 1.65. The summed E-state index contributed by atoms with van der Waals surface area (Å²) in [5, 5.41) is 3.15. The highest BCUT2D eigenvalue weighted by Crippen LogP contribution is 2.16. The number of hydrogen-bond donors (Lipinski definition) is 1. The predicted octanol–water partition coefficient (Wildman–Crippen LogP) is 0.0647. The zero-order valence-corrected chi connectivity index (χ0v) is 11.9. The molecule has 112 valence electrons. The van der Waals surface area contributed by atoms with Gasteiger partial charge in [0.25, 0.3) is 0 Å². The lowest BCUT2D eigenvalue weighted by molar-refractivity contribution is -0.152. The molecule has 0 bridgehead atoms. The highest BCUT2D eigenvalue weighted by Gasteiger charge is 2.29. The van der Waals surface area contributed by atoms with Crippen LogP contribution in [0.4, 0.5) is 0 Å². The molecule has 1 aliphatic heterocycles. The molecular weight excluding hydrogens is 250 g/mol. The van der Waals surface area contributed by atoms with Crippen LogP contribution in [0.1, 0.15) is 6.92 Å². The first-order valence-electron chi connectivity index (χ1n) is 6.77. The fraction of sp³-hybridized carbons (Fsp3) is 0.923. The third-order valence-electron chi connectivity index (χ3n) is 3.17. The summed E-state index contributed by atoms with van der Waals surface area (Å²) in [4.78, 5) is 11.6. The summed E-state index contributed by atoms with van der Waals surface area (Å²) in [6.45, 7) is 6.64. The van der Waals surface area contributed by atoms with Crippen molar-refractivity contribution in [1.29, 1.82) is 0 Å². The number of carbonyl (C=O) groups excluding carboxylic acids is 1. The largest absolute Gasteiger partial charge is 0.463 e. The molecule has 19 heavy (non-hydrogen) atoms. The van der Waals surface area contributed by atoms with E-state index in [0.717, 1.165) is 13.1 Å². The molecule has 0 aliphatic carbocycles. The summed E-state index contributed by atoms with van der Waals surface area (Å²) in [5.41, 5.74) is 0. The van der Waals surface area contributed by atoms with Gasteiger partial charge in [-0.25, -0.2) is 0 Å². The molecule has 0 amide bonds. The van der Waals surface area contributed by atoms with Crippen molar-refractivity contribution in [3.8, 4) is 0 Å². The summed E-state index contributed by atoms with van der Waals surface area (Å²) in [6.07, 6.45) is 0. The van der Waals surface area contributed by atoms with E-state index in [1.807, 2.05) is 6.92 Å². The maximum Gasteiger partial charge on any atom is 0.309 e. The van der Waals surface area contributed by atoms with Gasteiger partial charge in [-0.2, -0.15) is 0 Å². The molecule has 0 spiro atoms. The minimum Gasteiger partial charge on any atom is -0.463 e. The van der Waals surface area contributed by atoms with Gasteiger partial charge in [0.1, 0.15) is 6.61 Å². The van der Waals surface area contributed by atoms with Crippen LogP contribution in [-0.4, -0.2) is 65.8 Å². The lowest BCUT2D eigenvalue weighted by atomic mass is 9.89. The van der Waals surface area contributed by atoms with E-state index in [4.69, 9.17) is 18.9 Å². The standard InChI is InChI=1S/C13H25NO5/c1-11(12-9-14-10-12)13(15)19-8-7-18-6-5-17-4-3-16-2/h11-12,14H,3-10H2,1-2H3. The molecule has 1 unspecified atom stereocenters. The molecule has 0 aromatic carbocycles. The first-order valence-corrected chi connectivity index (χ1v) is 6.77. The fourth-order valence-corrected chi connectivity index (χ4v) is 1.65. The van der Waals surface area contributed by atoms with Crippen LogP contribution in [0.5, 0.6) is 0 Å². The van der Waals surface area contributed by atoms with Crippen molar-refractivity contribution in [3.05, 3.63) is 0 Å². The van der Waals surface area contributed by atoms with Crippen LogP contribution < -0.4 is 5.32 Å². The molecule has 1 saturated heterocycles. The number of methoxy groups -OCH3 is 1. The number of rotatable bonds is 11. The third kappa shape index (κ3) is 6.87. The van der Waals surface area contributed by atoms with E-state index in [1.165, 1.54) is 0 Å². The monoisotopic (exact) mass is 275 g/mol. The molecule has 1 N–H and O–H groups in total. The van der Waals surface area contributed by atoms with Crippen molar-refractivity contribution < 1.29 is 23.7 Å². The predicted molar refractivity (Wildman–Crippen MR) is 70.0 cm³/mol.